The predicted molar refractivity (Wildman–Crippen MR) is 122 cm³/mol. The number of hydrogen-bond acceptors (Lipinski definition) is 3. The lowest BCUT2D eigenvalue weighted by Crippen LogP contribution is -2.57. The van der Waals surface area contributed by atoms with Crippen molar-refractivity contribution in [2.24, 2.45) is 5.41 Å². The van der Waals surface area contributed by atoms with Crippen molar-refractivity contribution in [2.45, 2.75) is 82.2 Å². The number of rotatable bonds is 3. The van der Waals surface area contributed by atoms with Crippen LogP contribution >= 0.6 is 0 Å². The van der Waals surface area contributed by atoms with Crippen LogP contribution < -0.4 is 5.32 Å². The number of carbonyl (C=O) groups is 2. The lowest BCUT2D eigenvalue weighted by Gasteiger charge is -2.43. The molecule has 4 fully saturated rings. The molecule has 1 aliphatic carbocycles. The second kappa shape index (κ2) is 8.44. The van der Waals surface area contributed by atoms with Gasteiger partial charge in [0.2, 0.25) is 11.8 Å². The molecule has 1 N–H and O–H groups in total. The van der Waals surface area contributed by atoms with Crippen molar-refractivity contribution in [1.82, 2.24) is 15.1 Å². The lowest BCUT2D eigenvalue weighted by molar-refractivity contribution is -0.144. The van der Waals surface area contributed by atoms with Gasteiger partial charge in [-0.15, -0.1) is 0 Å². The average Bonchev–Trinajstić information content (AvgIpc) is 3.42. The minimum Gasteiger partial charge on any atom is -0.348 e. The number of halogens is 1. The third-order valence-corrected chi connectivity index (χ3v) is 8.76. The van der Waals surface area contributed by atoms with Crippen molar-refractivity contribution in [3.05, 3.63) is 35.6 Å². The van der Waals surface area contributed by atoms with Crippen LogP contribution in [-0.4, -0.2) is 59.4 Å². The molecule has 1 aromatic rings. The SMILES string of the molecule is CC1(C(=O)N2C[C@@H](c3cccc(F)c3)[C@@]3(CCCC(=O)N3)C2)CCN(C2CCCC2)CC1. The van der Waals surface area contributed by atoms with E-state index in [2.05, 4.69) is 17.1 Å². The highest BCUT2D eigenvalue weighted by atomic mass is 19.1. The second-order valence-electron chi connectivity index (χ2n) is 10.9. The molecule has 3 aliphatic heterocycles. The summed E-state index contributed by atoms with van der Waals surface area (Å²) < 4.78 is 14.1. The summed E-state index contributed by atoms with van der Waals surface area (Å²) in [5, 5.41) is 3.24. The summed E-state index contributed by atoms with van der Waals surface area (Å²) in [6.07, 6.45) is 9.22. The van der Waals surface area contributed by atoms with E-state index in [1.54, 1.807) is 12.1 Å². The van der Waals surface area contributed by atoms with Gasteiger partial charge in [-0.3, -0.25) is 9.59 Å². The molecular weight excluding hydrogens is 405 g/mol. The molecule has 3 heterocycles. The number of amides is 2. The van der Waals surface area contributed by atoms with Gasteiger partial charge in [-0.2, -0.15) is 0 Å². The Morgan fingerprint density at radius 1 is 1.12 bits per heavy atom. The minimum absolute atomic E-state index is 0.0445. The summed E-state index contributed by atoms with van der Waals surface area (Å²) >= 11 is 0. The van der Waals surface area contributed by atoms with Crippen molar-refractivity contribution < 1.29 is 14.0 Å². The van der Waals surface area contributed by atoms with Crippen LogP contribution in [-0.2, 0) is 9.59 Å². The van der Waals surface area contributed by atoms with Crippen molar-refractivity contribution in [2.75, 3.05) is 26.2 Å². The Bertz CT molecular complexity index is 876. The normalized spacial score (nSPS) is 31.2. The molecule has 2 atom stereocenters. The Kier molecular flexibility index (Phi) is 5.77. The standard InChI is InChI=1S/C26H36FN3O2/c1-25(12-14-29(15-13-25)21-8-2-3-9-21)24(32)30-17-22(19-6-4-7-20(27)16-19)26(18-30)11-5-10-23(31)28-26/h4,6-7,16,21-22H,2-3,5,8-15,17-18H2,1H3,(H,28,31)/t22-,26+/m0/s1. The monoisotopic (exact) mass is 441 g/mol. The van der Waals surface area contributed by atoms with E-state index >= 15 is 0 Å². The van der Waals surface area contributed by atoms with Crippen LogP contribution in [0.15, 0.2) is 24.3 Å². The van der Waals surface area contributed by atoms with E-state index in [0.717, 1.165) is 44.3 Å². The molecule has 1 saturated carbocycles. The molecule has 4 aliphatic rings. The number of piperidine rings is 2. The van der Waals surface area contributed by atoms with Gasteiger partial charge in [0, 0.05) is 36.9 Å². The molecule has 6 heteroatoms. The van der Waals surface area contributed by atoms with Gasteiger partial charge in [-0.05, 0) is 69.3 Å². The zero-order valence-electron chi connectivity index (χ0n) is 19.2. The third kappa shape index (κ3) is 3.95. The topological polar surface area (TPSA) is 52.7 Å². The lowest BCUT2D eigenvalue weighted by atomic mass is 9.76. The number of nitrogens with zero attached hydrogens (tertiary/aromatic N) is 2. The molecule has 0 unspecified atom stereocenters. The first-order valence-corrected chi connectivity index (χ1v) is 12.5. The predicted octanol–water partition coefficient (Wildman–Crippen LogP) is 3.84. The van der Waals surface area contributed by atoms with Gasteiger partial charge in [-0.1, -0.05) is 31.9 Å². The fourth-order valence-electron chi connectivity index (χ4n) is 6.81. The maximum absolute atomic E-state index is 14.1. The van der Waals surface area contributed by atoms with Gasteiger partial charge in [0.25, 0.3) is 0 Å². The maximum atomic E-state index is 14.1. The van der Waals surface area contributed by atoms with E-state index < -0.39 is 5.54 Å². The van der Waals surface area contributed by atoms with Crippen LogP contribution in [0, 0.1) is 11.2 Å². The van der Waals surface area contributed by atoms with E-state index in [9.17, 15) is 14.0 Å². The van der Waals surface area contributed by atoms with Crippen molar-refractivity contribution in [1.29, 1.82) is 0 Å². The highest BCUT2D eigenvalue weighted by Crippen LogP contribution is 2.44. The van der Waals surface area contributed by atoms with Gasteiger partial charge in [0.1, 0.15) is 5.82 Å². The molecule has 1 aromatic carbocycles. The first kappa shape index (κ1) is 21.9. The number of likely N-dealkylation sites (tertiary alicyclic amines) is 2. The second-order valence-corrected chi connectivity index (χ2v) is 10.9. The molecule has 0 aromatic heterocycles. The van der Waals surface area contributed by atoms with Gasteiger partial charge >= 0.3 is 0 Å². The maximum Gasteiger partial charge on any atom is 0.228 e. The van der Waals surface area contributed by atoms with Crippen molar-refractivity contribution in [3.63, 3.8) is 0 Å². The van der Waals surface area contributed by atoms with Crippen LogP contribution in [0.3, 0.4) is 0 Å². The minimum atomic E-state index is -0.486. The molecule has 0 radical (unpaired) electrons. The zero-order chi connectivity index (χ0) is 22.3. The summed E-state index contributed by atoms with van der Waals surface area (Å²) in [6.45, 7) is 5.19. The zero-order valence-corrected chi connectivity index (χ0v) is 19.2. The summed E-state index contributed by atoms with van der Waals surface area (Å²) in [5.74, 6) is -0.0888. The van der Waals surface area contributed by atoms with E-state index in [-0.39, 0.29) is 29.0 Å². The summed E-state index contributed by atoms with van der Waals surface area (Å²) in [6, 6.07) is 7.40. The van der Waals surface area contributed by atoms with E-state index in [1.165, 1.54) is 31.7 Å². The Balaban J connectivity index is 1.34. The molecule has 5 nitrogen and oxygen atoms in total. The fraction of sp³-hybridized carbons (Fsp3) is 0.692. The number of hydrogen-bond donors (Lipinski definition) is 1. The van der Waals surface area contributed by atoms with Gasteiger partial charge < -0.3 is 15.1 Å². The van der Waals surface area contributed by atoms with Crippen LogP contribution in [0.5, 0.6) is 0 Å². The fourth-order valence-corrected chi connectivity index (χ4v) is 6.81. The molecule has 32 heavy (non-hydrogen) atoms. The largest absolute Gasteiger partial charge is 0.348 e. The van der Waals surface area contributed by atoms with Crippen LogP contribution in [0.2, 0.25) is 0 Å². The quantitative estimate of drug-likeness (QED) is 0.776. The van der Waals surface area contributed by atoms with E-state index in [1.807, 2.05) is 11.0 Å². The molecule has 1 spiro atoms. The smallest absolute Gasteiger partial charge is 0.228 e. The Hall–Kier alpha value is -1.95. The van der Waals surface area contributed by atoms with Crippen molar-refractivity contribution in [3.8, 4) is 0 Å². The first-order valence-electron chi connectivity index (χ1n) is 12.5. The Morgan fingerprint density at radius 2 is 1.88 bits per heavy atom. The Labute approximate surface area is 190 Å². The summed E-state index contributed by atoms with van der Waals surface area (Å²) in [5.41, 5.74) is 0.0367. The summed E-state index contributed by atoms with van der Waals surface area (Å²) in [4.78, 5) is 30.8. The summed E-state index contributed by atoms with van der Waals surface area (Å²) in [7, 11) is 0. The van der Waals surface area contributed by atoms with Crippen LogP contribution in [0.4, 0.5) is 4.39 Å². The third-order valence-electron chi connectivity index (χ3n) is 8.76. The van der Waals surface area contributed by atoms with Gasteiger partial charge in [0.15, 0.2) is 0 Å². The molecular formula is C26H36FN3O2. The number of nitrogens with one attached hydrogen (secondary N) is 1. The van der Waals surface area contributed by atoms with Gasteiger partial charge in [0.05, 0.1) is 5.54 Å². The highest BCUT2D eigenvalue weighted by Gasteiger charge is 2.53. The first-order chi connectivity index (χ1) is 15.4. The van der Waals surface area contributed by atoms with Crippen LogP contribution in [0.25, 0.3) is 0 Å². The van der Waals surface area contributed by atoms with Crippen LogP contribution in [0.1, 0.15) is 76.2 Å². The number of benzene rings is 1. The Morgan fingerprint density at radius 3 is 2.56 bits per heavy atom. The van der Waals surface area contributed by atoms with Gasteiger partial charge in [-0.25, -0.2) is 4.39 Å². The van der Waals surface area contributed by atoms with E-state index in [0.29, 0.717) is 25.6 Å². The molecule has 2 amide bonds. The molecule has 5 rings (SSSR count). The number of carbonyl (C=O) groups excluding carboxylic acids is 2. The van der Waals surface area contributed by atoms with Crippen molar-refractivity contribution >= 4 is 11.8 Å². The molecule has 3 saturated heterocycles. The highest BCUT2D eigenvalue weighted by molar-refractivity contribution is 5.84. The van der Waals surface area contributed by atoms with E-state index in [4.69, 9.17) is 0 Å². The molecule has 0 bridgehead atoms. The average molecular weight is 442 g/mol. The molecule has 174 valence electrons.